The number of rotatable bonds is 2. The van der Waals surface area contributed by atoms with E-state index in [-0.39, 0.29) is 0 Å². The van der Waals surface area contributed by atoms with E-state index in [1.54, 1.807) is 24.3 Å². The average molecular weight is 224 g/mol. The first-order valence-corrected chi connectivity index (χ1v) is 5.23. The highest BCUT2D eigenvalue weighted by atomic mass is 16.5. The van der Waals surface area contributed by atoms with Crippen LogP contribution in [0, 0.1) is 18.3 Å². The van der Waals surface area contributed by atoms with Crippen LogP contribution in [0.4, 0.5) is 5.69 Å². The maximum absolute atomic E-state index is 8.69. The molecule has 17 heavy (non-hydrogen) atoms. The molecule has 0 radical (unpaired) electrons. The summed E-state index contributed by atoms with van der Waals surface area (Å²) >= 11 is 0. The van der Waals surface area contributed by atoms with E-state index in [2.05, 4.69) is 6.07 Å². The molecular weight excluding hydrogens is 212 g/mol. The number of ether oxygens (including phenoxy) is 1. The molecule has 3 nitrogen and oxygen atoms in total. The zero-order valence-corrected chi connectivity index (χ0v) is 9.47. The van der Waals surface area contributed by atoms with Gasteiger partial charge < -0.3 is 10.5 Å². The molecule has 0 amide bonds. The number of aryl methyl sites for hydroxylation is 1. The number of nitrogens with zero attached hydrogens (tertiary/aromatic N) is 1. The molecule has 2 N–H and O–H groups in total. The van der Waals surface area contributed by atoms with Crippen molar-refractivity contribution >= 4 is 5.69 Å². The van der Waals surface area contributed by atoms with E-state index in [0.717, 1.165) is 5.56 Å². The van der Waals surface area contributed by atoms with Crippen LogP contribution in [0.3, 0.4) is 0 Å². The van der Waals surface area contributed by atoms with Gasteiger partial charge in [-0.05, 0) is 48.9 Å². The zero-order valence-electron chi connectivity index (χ0n) is 9.47. The Morgan fingerprint density at radius 3 is 2.47 bits per heavy atom. The molecule has 0 aliphatic heterocycles. The highest BCUT2D eigenvalue weighted by molar-refractivity contribution is 5.55. The van der Waals surface area contributed by atoms with Crippen LogP contribution in [0.1, 0.15) is 11.1 Å². The summed E-state index contributed by atoms with van der Waals surface area (Å²) in [5, 5.41) is 8.69. The van der Waals surface area contributed by atoms with Crippen molar-refractivity contribution in [2.45, 2.75) is 6.92 Å². The quantitative estimate of drug-likeness (QED) is 0.796. The van der Waals surface area contributed by atoms with Gasteiger partial charge in [0.25, 0.3) is 0 Å². The third-order valence-electron chi connectivity index (χ3n) is 2.38. The molecule has 0 bridgehead atoms. The van der Waals surface area contributed by atoms with Crippen LogP contribution in [-0.2, 0) is 0 Å². The molecule has 0 aliphatic rings. The number of hydrogen-bond acceptors (Lipinski definition) is 3. The Bertz CT molecular complexity index is 568. The zero-order chi connectivity index (χ0) is 12.3. The molecule has 2 aromatic rings. The minimum atomic E-state index is 0.597. The van der Waals surface area contributed by atoms with Crippen LogP contribution < -0.4 is 10.5 Å². The SMILES string of the molecule is Cc1ccc(N)c(Oc2ccc(C#N)cc2)c1. The Morgan fingerprint density at radius 1 is 1.12 bits per heavy atom. The summed E-state index contributed by atoms with van der Waals surface area (Å²) in [5.74, 6) is 1.30. The smallest absolute Gasteiger partial charge is 0.150 e. The molecule has 0 saturated heterocycles. The summed E-state index contributed by atoms with van der Waals surface area (Å²) in [6, 6.07) is 14.6. The normalized spacial score (nSPS) is 9.65. The summed E-state index contributed by atoms with van der Waals surface area (Å²) in [7, 11) is 0. The summed E-state index contributed by atoms with van der Waals surface area (Å²) in [4.78, 5) is 0. The van der Waals surface area contributed by atoms with Crippen LogP contribution in [0.25, 0.3) is 0 Å². The van der Waals surface area contributed by atoms with E-state index in [1.807, 2.05) is 25.1 Å². The van der Waals surface area contributed by atoms with Crippen LogP contribution >= 0.6 is 0 Å². The van der Waals surface area contributed by atoms with E-state index >= 15 is 0 Å². The summed E-state index contributed by atoms with van der Waals surface area (Å²) < 4.78 is 5.66. The lowest BCUT2D eigenvalue weighted by molar-refractivity contribution is 0.484. The second kappa shape index (κ2) is 4.58. The average Bonchev–Trinajstić information content (AvgIpc) is 2.35. The van der Waals surface area contributed by atoms with Crippen molar-refractivity contribution in [2.75, 3.05) is 5.73 Å². The van der Waals surface area contributed by atoms with Gasteiger partial charge in [-0.2, -0.15) is 5.26 Å². The minimum Gasteiger partial charge on any atom is -0.455 e. The summed E-state index contributed by atoms with van der Waals surface area (Å²) in [6.07, 6.45) is 0. The van der Waals surface area contributed by atoms with Crippen LogP contribution in [0.2, 0.25) is 0 Å². The molecule has 0 saturated carbocycles. The van der Waals surface area contributed by atoms with Gasteiger partial charge in [0.05, 0.1) is 17.3 Å². The molecule has 0 atom stereocenters. The first-order valence-electron chi connectivity index (χ1n) is 5.23. The maximum atomic E-state index is 8.69. The van der Waals surface area contributed by atoms with Crippen molar-refractivity contribution in [1.29, 1.82) is 5.26 Å². The number of hydrogen-bond donors (Lipinski definition) is 1. The number of nitrogen functional groups attached to an aromatic ring is 1. The number of nitrogens with two attached hydrogens (primary N) is 1. The van der Waals surface area contributed by atoms with Gasteiger partial charge >= 0.3 is 0 Å². The van der Waals surface area contributed by atoms with Gasteiger partial charge in [0.2, 0.25) is 0 Å². The predicted molar refractivity (Wildman–Crippen MR) is 66.8 cm³/mol. The van der Waals surface area contributed by atoms with E-state index in [1.165, 1.54) is 0 Å². The van der Waals surface area contributed by atoms with Crippen molar-refractivity contribution in [1.82, 2.24) is 0 Å². The Balaban J connectivity index is 2.25. The van der Waals surface area contributed by atoms with Crippen LogP contribution in [0.5, 0.6) is 11.5 Å². The number of benzene rings is 2. The first-order chi connectivity index (χ1) is 8.19. The molecule has 0 fully saturated rings. The molecule has 2 rings (SSSR count). The topological polar surface area (TPSA) is 59.0 Å². The van der Waals surface area contributed by atoms with E-state index in [4.69, 9.17) is 15.7 Å². The number of anilines is 1. The molecule has 0 aromatic heterocycles. The van der Waals surface area contributed by atoms with Gasteiger partial charge in [0.15, 0.2) is 5.75 Å². The van der Waals surface area contributed by atoms with E-state index in [9.17, 15) is 0 Å². The maximum Gasteiger partial charge on any atom is 0.150 e. The Kier molecular flexibility index (Phi) is 2.97. The molecule has 84 valence electrons. The molecule has 3 heteroatoms. The first kappa shape index (κ1) is 11.0. The van der Waals surface area contributed by atoms with Gasteiger partial charge in [-0.25, -0.2) is 0 Å². The van der Waals surface area contributed by atoms with Crippen molar-refractivity contribution < 1.29 is 4.74 Å². The van der Waals surface area contributed by atoms with Gasteiger partial charge in [-0.3, -0.25) is 0 Å². The third-order valence-corrected chi connectivity index (χ3v) is 2.38. The van der Waals surface area contributed by atoms with Crippen LogP contribution in [-0.4, -0.2) is 0 Å². The second-order valence-corrected chi connectivity index (χ2v) is 3.78. The van der Waals surface area contributed by atoms with E-state index in [0.29, 0.717) is 22.7 Å². The highest BCUT2D eigenvalue weighted by Crippen LogP contribution is 2.28. The molecule has 0 spiro atoms. The van der Waals surface area contributed by atoms with Crippen molar-refractivity contribution in [3.8, 4) is 17.6 Å². The van der Waals surface area contributed by atoms with Gasteiger partial charge in [-0.15, -0.1) is 0 Å². The Labute approximate surface area is 100 Å². The minimum absolute atomic E-state index is 0.597. The predicted octanol–water partition coefficient (Wildman–Crippen LogP) is 3.24. The molecule has 0 heterocycles. The molecule has 2 aromatic carbocycles. The highest BCUT2D eigenvalue weighted by Gasteiger charge is 2.02. The lowest BCUT2D eigenvalue weighted by Crippen LogP contribution is -1.92. The molecule has 0 aliphatic carbocycles. The molecular formula is C14H12N2O. The van der Waals surface area contributed by atoms with Crippen molar-refractivity contribution in [3.05, 3.63) is 53.6 Å². The lowest BCUT2D eigenvalue weighted by Gasteiger charge is -2.09. The number of nitriles is 1. The van der Waals surface area contributed by atoms with E-state index < -0.39 is 0 Å². The standard InChI is InChI=1S/C14H12N2O/c1-10-2-7-13(16)14(8-10)17-12-5-3-11(9-15)4-6-12/h2-8H,16H2,1H3. The Morgan fingerprint density at radius 2 is 1.82 bits per heavy atom. The van der Waals surface area contributed by atoms with Crippen molar-refractivity contribution in [2.24, 2.45) is 0 Å². The largest absolute Gasteiger partial charge is 0.455 e. The van der Waals surface area contributed by atoms with Gasteiger partial charge in [0.1, 0.15) is 5.75 Å². The summed E-state index contributed by atoms with van der Waals surface area (Å²) in [6.45, 7) is 1.98. The Hall–Kier alpha value is -2.47. The lowest BCUT2D eigenvalue weighted by atomic mass is 10.2. The fourth-order valence-corrected chi connectivity index (χ4v) is 1.45. The summed E-state index contributed by atoms with van der Waals surface area (Å²) in [5.41, 5.74) is 8.11. The second-order valence-electron chi connectivity index (χ2n) is 3.78. The molecule has 0 unspecified atom stereocenters. The van der Waals surface area contributed by atoms with Crippen LogP contribution in [0.15, 0.2) is 42.5 Å². The van der Waals surface area contributed by atoms with Gasteiger partial charge in [0, 0.05) is 0 Å². The fourth-order valence-electron chi connectivity index (χ4n) is 1.45. The fraction of sp³-hybridized carbons (Fsp3) is 0.0714. The van der Waals surface area contributed by atoms with Crippen molar-refractivity contribution in [3.63, 3.8) is 0 Å². The third kappa shape index (κ3) is 2.56. The van der Waals surface area contributed by atoms with Gasteiger partial charge in [-0.1, -0.05) is 6.07 Å². The monoisotopic (exact) mass is 224 g/mol.